The van der Waals surface area contributed by atoms with Crippen molar-refractivity contribution in [2.75, 3.05) is 0 Å². The minimum Gasteiger partial charge on any atom is -0.401 e. The van der Waals surface area contributed by atoms with Crippen molar-refractivity contribution in [3.63, 3.8) is 0 Å². The van der Waals surface area contributed by atoms with Gasteiger partial charge in [0, 0.05) is 10.0 Å². The number of hydrogen-bond acceptors (Lipinski definition) is 4. The van der Waals surface area contributed by atoms with Gasteiger partial charge in [0.2, 0.25) is 0 Å². The summed E-state index contributed by atoms with van der Waals surface area (Å²) in [6.07, 6.45) is 2.71. The molecule has 1 aromatic heterocycles. The average Bonchev–Trinajstić information content (AvgIpc) is 2.86. The van der Waals surface area contributed by atoms with Gasteiger partial charge in [0.1, 0.15) is 10.7 Å². The molecule has 2 aromatic rings. The number of halogens is 1. The summed E-state index contributed by atoms with van der Waals surface area (Å²) >= 11 is 3.28. The van der Waals surface area contributed by atoms with Gasteiger partial charge >= 0.3 is 5.88 Å². The van der Waals surface area contributed by atoms with Crippen LogP contribution >= 0.6 is 15.9 Å². The van der Waals surface area contributed by atoms with Crippen molar-refractivity contribution in [1.29, 1.82) is 0 Å². The van der Waals surface area contributed by atoms with Gasteiger partial charge in [-0.3, -0.25) is 14.9 Å². The van der Waals surface area contributed by atoms with E-state index in [1.807, 2.05) is 0 Å². The molecule has 0 saturated heterocycles. The minimum atomic E-state index is -0.631. The smallest absolute Gasteiger partial charge is 0.401 e. The molecule has 0 bridgehead atoms. The number of carbonyl (C=O) groups is 1. The first-order valence-electron chi connectivity index (χ1n) is 5.28. The first kappa shape index (κ1) is 13.2. The van der Waals surface area contributed by atoms with Gasteiger partial charge in [-0.15, -0.1) is 0 Å². The van der Waals surface area contributed by atoms with Crippen molar-refractivity contribution < 1.29 is 14.1 Å². The number of nitro groups is 1. The molecule has 0 amide bonds. The van der Waals surface area contributed by atoms with Crippen molar-refractivity contribution in [2.45, 2.75) is 0 Å². The first-order chi connectivity index (χ1) is 9.06. The highest BCUT2D eigenvalue weighted by atomic mass is 79.9. The molecule has 0 saturated carbocycles. The Balaban J connectivity index is 2.11. The van der Waals surface area contributed by atoms with Crippen molar-refractivity contribution in [3.05, 3.63) is 68.4 Å². The molecule has 0 atom stereocenters. The number of ketones is 1. The maximum Gasteiger partial charge on any atom is 0.433 e. The Morgan fingerprint density at radius 1 is 1.21 bits per heavy atom. The van der Waals surface area contributed by atoms with Crippen LogP contribution in [0.4, 0.5) is 5.88 Å². The minimum absolute atomic E-state index is 0.202. The van der Waals surface area contributed by atoms with Crippen LogP contribution in [-0.2, 0) is 0 Å². The van der Waals surface area contributed by atoms with E-state index < -0.39 is 4.92 Å². The zero-order chi connectivity index (χ0) is 13.8. The molecule has 0 spiro atoms. The summed E-state index contributed by atoms with van der Waals surface area (Å²) in [6.45, 7) is 0. The molecule has 0 unspecified atom stereocenters. The second-order valence-corrected chi connectivity index (χ2v) is 4.55. The molecule has 19 heavy (non-hydrogen) atoms. The maximum absolute atomic E-state index is 11.8. The standard InChI is InChI=1S/C13H8BrNO4/c14-10-3-1-9(2-4-10)12(16)7-5-11-6-8-13(19-11)15(17)18/h1-8H/b7-5+. The van der Waals surface area contributed by atoms with E-state index in [2.05, 4.69) is 15.9 Å². The summed E-state index contributed by atoms with van der Waals surface area (Å²) in [6, 6.07) is 9.56. The SMILES string of the molecule is O=C(/C=C/c1ccc([N+](=O)[O-])o1)c1ccc(Br)cc1. The predicted molar refractivity (Wildman–Crippen MR) is 72.9 cm³/mol. The molecule has 1 heterocycles. The van der Waals surface area contributed by atoms with Crippen LogP contribution in [0.3, 0.4) is 0 Å². The highest BCUT2D eigenvalue weighted by Gasteiger charge is 2.10. The van der Waals surface area contributed by atoms with Crippen molar-refractivity contribution in [3.8, 4) is 0 Å². The second-order valence-electron chi connectivity index (χ2n) is 3.64. The lowest BCUT2D eigenvalue weighted by atomic mass is 10.1. The van der Waals surface area contributed by atoms with Crippen LogP contribution in [0.1, 0.15) is 16.1 Å². The van der Waals surface area contributed by atoms with Crippen LogP contribution < -0.4 is 0 Å². The van der Waals surface area contributed by atoms with Crippen molar-refractivity contribution in [2.24, 2.45) is 0 Å². The summed E-state index contributed by atoms with van der Waals surface area (Å²) in [5.41, 5.74) is 0.528. The van der Waals surface area contributed by atoms with Crippen LogP contribution in [0, 0.1) is 10.1 Å². The maximum atomic E-state index is 11.8. The molecular formula is C13H8BrNO4. The van der Waals surface area contributed by atoms with E-state index in [1.54, 1.807) is 24.3 Å². The van der Waals surface area contributed by atoms with Gasteiger partial charge in [-0.05, 0) is 42.5 Å². The number of allylic oxidation sites excluding steroid dienone is 1. The molecule has 5 nitrogen and oxygen atoms in total. The fourth-order valence-corrected chi connectivity index (χ4v) is 1.66. The molecule has 0 fully saturated rings. The zero-order valence-electron chi connectivity index (χ0n) is 9.58. The monoisotopic (exact) mass is 321 g/mol. The Kier molecular flexibility index (Phi) is 3.91. The molecule has 0 N–H and O–H groups in total. The third-order valence-electron chi connectivity index (χ3n) is 2.32. The van der Waals surface area contributed by atoms with E-state index in [4.69, 9.17) is 4.42 Å². The fraction of sp³-hybridized carbons (Fsp3) is 0. The summed E-state index contributed by atoms with van der Waals surface area (Å²) in [5.74, 6) is -0.292. The zero-order valence-corrected chi connectivity index (χ0v) is 11.2. The third-order valence-corrected chi connectivity index (χ3v) is 2.85. The van der Waals surface area contributed by atoms with Gasteiger partial charge in [0.15, 0.2) is 5.78 Å². The summed E-state index contributed by atoms with van der Waals surface area (Å²) in [7, 11) is 0. The Morgan fingerprint density at radius 3 is 2.47 bits per heavy atom. The summed E-state index contributed by atoms with van der Waals surface area (Å²) < 4.78 is 5.79. The molecule has 2 rings (SSSR count). The summed E-state index contributed by atoms with van der Waals surface area (Å²) in [5, 5.41) is 10.4. The topological polar surface area (TPSA) is 73.3 Å². The van der Waals surface area contributed by atoms with E-state index in [1.165, 1.54) is 24.3 Å². The van der Waals surface area contributed by atoms with Gasteiger partial charge in [-0.2, -0.15) is 0 Å². The quantitative estimate of drug-likeness (QED) is 0.371. The highest BCUT2D eigenvalue weighted by Crippen LogP contribution is 2.17. The van der Waals surface area contributed by atoms with E-state index in [9.17, 15) is 14.9 Å². The number of furan rings is 1. The molecule has 0 aliphatic rings. The average molecular weight is 322 g/mol. The van der Waals surface area contributed by atoms with Gasteiger partial charge in [-0.1, -0.05) is 15.9 Å². The van der Waals surface area contributed by atoms with Gasteiger partial charge in [0.25, 0.3) is 0 Å². The summed E-state index contributed by atoms with van der Waals surface area (Å²) in [4.78, 5) is 21.6. The molecule has 0 radical (unpaired) electrons. The number of benzene rings is 1. The second kappa shape index (κ2) is 5.62. The van der Waals surface area contributed by atoms with Crippen LogP contribution in [0.25, 0.3) is 6.08 Å². The largest absolute Gasteiger partial charge is 0.433 e. The number of nitrogens with zero attached hydrogens (tertiary/aromatic N) is 1. The van der Waals surface area contributed by atoms with Crippen molar-refractivity contribution in [1.82, 2.24) is 0 Å². The van der Waals surface area contributed by atoms with Crippen molar-refractivity contribution >= 4 is 33.7 Å². The normalized spacial score (nSPS) is 10.8. The van der Waals surface area contributed by atoms with Crippen LogP contribution in [0.15, 0.2) is 51.4 Å². The number of rotatable bonds is 4. The molecule has 0 aliphatic carbocycles. The van der Waals surface area contributed by atoms with Crippen LogP contribution in [-0.4, -0.2) is 10.7 Å². The Bertz CT molecular complexity index is 643. The van der Waals surface area contributed by atoms with E-state index in [-0.39, 0.29) is 17.4 Å². The lowest BCUT2D eigenvalue weighted by Gasteiger charge is -1.95. The van der Waals surface area contributed by atoms with E-state index >= 15 is 0 Å². The van der Waals surface area contributed by atoms with Gasteiger partial charge in [0.05, 0.1) is 6.07 Å². The first-order valence-corrected chi connectivity index (χ1v) is 6.08. The Morgan fingerprint density at radius 2 is 1.89 bits per heavy atom. The Hall–Kier alpha value is -2.21. The van der Waals surface area contributed by atoms with Gasteiger partial charge < -0.3 is 4.42 Å². The van der Waals surface area contributed by atoms with Gasteiger partial charge in [-0.25, -0.2) is 0 Å². The molecule has 1 aromatic carbocycles. The fourth-order valence-electron chi connectivity index (χ4n) is 1.40. The van der Waals surface area contributed by atoms with Crippen LogP contribution in [0.2, 0.25) is 0 Å². The lowest BCUT2D eigenvalue weighted by molar-refractivity contribution is -0.402. The molecule has 96 valence electrons. The molecular weight excluding hydrogens is 314 g/mol. The Labute approximate surface area is 116 Å². The number of hydrogen-bond donors (Lipinski definition) is 0. The molecule has 0 aliphatic heterocycles. The molecule has 6 heteroatoms. The van der Waals surface area contributed by atoms with Crippen LogP contribution in [0.5, 0.6) is 0 Å². The third kappa shape index (κ3) is 3.38. The van der Waals surface area contributed by atoms with E-state index in [0.717, 1.165) is 4.47 Å². The number of carbonyl (C=O) groups excluding carboxylic acids is 1. The lowest BCUT2D eigenvalue weighted by Crippen LogP contribution is -1.92. The van der Waals surface area contributed by atoms with E-state index in [0.29, 0.717) is 5.56 Å². The highest BCUT2D eigenvalue weighted by molar-refractivity contribution is 9.10. The predicted octanol–water partition coefficient (Wildman–Crippen LogP) is 3.85.